The number of ketones is 1. The molecule has 4 nitrogen and oxygen atoms in total. The molecule has 0 saturated carbocycles. The van der Waals surface area contributed by atoms with Crippen LogP contribution < -0.4 is 0 Å². The van der Waals surface area contributed by atoms with Gasteiger partial charge in [-0.15, -0.1) is 0 Å². The minimum absolute atomic E-state index is 0.0944. The van der Waals surface area contributed by atoms with Crippen LogP contribution in [0.25, 0.3) is 0 Å². The lowest BCUT2D eigenvalue weighted by molar-refractivity contribution is -0.385. The molecule has 0 aliphatic rings. The number of hydrogen-bond donors (Lipinski definition) is 0. The minimum Gasteiger partial charge on any atom is -0.299 e. The van der Waals surface area contributed by atoms with Crippen molar-refractivity contribution in [3.05, 3.63) is 39.4 Å². The van der Waals surface area contributed by atoms with Gasteiger partial charge in [0.15, 0.2) is 0 Å². The second kappa shape index (κ2) is 4.65. The van der Waals surface area contributed by atoms with Crippen LogP contribution in [0.2, 0.25) is 0 Å². The number of carbonyl (C=O) groups excluding carboxylic acids is 1. The number of Topliss-reactive ketones (excluding diaryl/α,β-unsaturated/α-hetero) is 1. The van der Waals surface area contributed by atoms with Crippen LogP contribution in [-0.4, -0.2) is 10.7 Å². The molecule has 0 saturated heterocycles. The maximum Gasteiger partial charge on any atom is 0.272 e. The van der Waals surface area contributed by atoms with Gasteiger partial charge in [-0.05, 0) is 18.6 Å². The lowest BCUT2D eigenvalue weighted by Crippen LogP contribution is -2.22. The van der Waals surface area contributed by atoms with Gasteiger partial charge in [0.1, 0.15) is 5.78 Å². The van der Waals surface area contributed by atoms with E-state index >= 15 is 0 Å². The molecule has 0 radical (unpaired) electrons. The highest BCUT2D eigenvalue weighted by molar-refractivity contribution is 5.85. The molecule has 92 valence electrons. The van der Waals surface area contributed by atoms with E-state index in [0.29, 0.717) is 12.0 Å². The number of carbonyl (C=O) groups is 1. The molecule has 0 fully saturated rings. The van der Waals surface area contributed by atoms with Crippen molar-refractivity contribution in [1.29, 1.82) is 0 Å². The molecule has 4 heteroatoms. The molecule has 0 amide bonds. The first kappa shape index (κ1) is 13.4. The van der Waals surface area contributed by atoms with Crippen LogP contribution in [0, 0.1) is 22.5 Å². The average Bonchev–Trinajstić information content (AvgIpc) is 2.15. The Morgan fingerprint density at radius 2 is 1.94 bits per heavy atom. The maximum atomic E-state index is 11.8. The standard InChI is InChI=1S/C13H17NO3/c1-9-7-10(5-6-11(9)14(16)17)8-12(15)13(2,3)4/h5-7H,8H2,1-4H3. The van der Waals surface area contributed by atoms with Gasteiger partial charge < -0.3 is 0 Å². The number of rotatable bonds is 3. The number of nitrogens with zero attached hydrogens (tertiary/aromatic N) is 1. The van der Waals surface area contributed by atoms with E-state index in [0.717, 1.165) is 5.56 Å². The number of nitro groups is 1. The van der Waals surface area contributed by atoms with E-state index in [9.17, 15) is 14.9 Å². The van der Waals surface area contributed by atoms with E-state index in [4.69, 9.17) is 0 Å². The predicted octanol–water partition coefficient (Wildman–Crippen LogP) is 3.06. The van der Waals surface area contributed by atoms with E-state index in [-0.39, 0.29) is 16.9 Å². The molecule has 0 atom stereocenters. The Balaban J connectivity index is 2.92. The van der Waals surface area contributed by atoms with Gasteiger partial charge in [0.05, 0.1) is 4.92 Å². The van der Waals surface area contributed by atoms with Crippen LogP contribution in [0.5, 0.6) is 0 Å². The van der Waals surface area contributed by atoms with Crippen molar-refractivity contribution < 1.29 is 9.72 Å². The first-order valence-corrected chi connectivity index (χ1v) is 5.49. The molecule has 0 spiro atoms. The summed E-state index contributed by atoms with van der Waals surface area (Å²) in [5.41, 5.74) is 1.13. The van der Waals surface area contributed by atoms with Crippen molar-refractivity contribution in [1.82, 2.24) is 0 Å². The molecule has 0 aromatic heterocycles. The van der Waals surface area contributed by atoms with Gasteiger partial charge in [-0.2, -0.15) is 0 Å². The Labute approximate surface area is 101 Å². The second-order valence-corrected chi connectivity index (χ2v) is 5.23. The molecule has 17 heavy (non-hydrogen) atoms. The van der Waals surface area contributed by atoms with Gasteiger partial charge in [-0.1, -0.05) is 26.8 Å². The fraction of sp³-hybridized carbons (Fsp3) is 0.462. The van der Waals surface area contributed by atoms with Crippen LogP contribution in [0.3, 0.4) is 0 Å². The Kier molecular flexibility index (Phi) is 3.66. The van der Waals surface area contributed by atoms with Gasteiger partial charge in [-0.3, -0.25) is 14.9 Å². The summed E-state index contributed by atoms with van der Waals surface area (Å²) in [6.07, 6.45) is 0.322. The van der Waals surface area contributed by atoms with Gasteiger partial charge >= 0.3 is 0 Å². The maximum absolute atomic E-state index is 11.8. The summed E-state index contributed by atoms with van der Waals surface area (Å²) in [5, 5.41) is 10.7. The van der Waals surface area contributed by atoms with Crippen LogP contribution in [0.1, 0.15) is 31.9 Å². The molecular formula is C13H17NO3. The second-order valence-electron chi connectivity index (χ2n) is 5.23. The molecular weight excluding hydrogens is 218 g/mol. The molecule has 0 aliphatic carbocycles. The molecule has 0 bridgehead atoms. The number of nitro benzene ring substituents is 1. The zero-order valence-electron chi connectivity index (χ0n) is 10.6. The summed E-state index contributed by atoms with van der Waals surface area (Å²) in [6.45, 7) is 7.29. The van der Waals surface area contributed by atoms with Crippen LogP contribution in [0.15, 0.2) is 18.2 Å². The van der Waals surface area contributed by atoms with Crippen molar-refractivity contribution in [3.63, 3.8) is 0 Å². The Morgan fingerprint density at radius 3 is 2.35 bits per heavy atom. The Bertz CT molecular complexity index is 458. The first-order valence-electron chi connectivity index (χ1n) is 5.49. The highest BCUT2D eigenvalue weighted by Crippen LogP contribution is 2.22. The van der Waals surface area contributed by atoms with E-state index in [1.165, 1.54) is 6.07 Å². The zero-order valence-corrected chi connectivity index (χ0v) is 10.6. The Hall–Kier alpha value is -1.71. The highest BCUT2D eigenvalue weighted by atomic mass is 16.6. The molecule has 1 aromatic carbocycles. The summed E-state index contributed by atoms with van der Waals surface area (Å²) >= 11 is 0. The van der Waals surface area contributed by atoms with Crippen LogP contribution in [0.4, 0.5) is 5.69 Å². The lowest BCUT2D eigenvalue weighted by Gasteiger charge is -2.16. The van der Waals surface area contributed by atoms with Gasteiger partial charge in [-0.25, -0.2) is 0 Å². The molecule has 1 rings (SSSR count). The summed E-state index contributed by atoms with van der Waals surface area (Å²) in [4.78, 5) is 22.1. The van der Waals surface area contributed by atoms with Crippen molar-refractivity contribution in [3.8, 4) is 0 Å². The van der Waals surface area contributed by atoms with Gasteiger partial charge in [0.2, 0.25) is 0 Å². The largest absolute Gasteiger partial charge is 0.299 e. The summed E-state index contributed by atoms with van der Waals surface area (Å²) in [5.74, 6) is 0.130. The van der Waals surface area contributed by atoms with Crippen molar-refractivity contribution in [2.75, 3.05) is 0 Å². The molecule has 0 aliphatic heterocycles. The van der Waals surface area contributed by atoms with Crippen LogP contribution >= 0.6 is 0 Å². The number of benzene rings is 1. The van der Waals surface area contributed by atoms with E-state index in [2.05, 4.69) is 0 Å². The highest BCUT2D eigenvalue weighted by Gasteiger charge is 2.21. The quantitative estimate of drug-likeness (QED) is 0.597. The van der Waals surface area contributed by atoms with E-state index in [1.54, 1.807) is 19.1 Å². The number of aryl methyl sites for hydroxylation is 1. The van der Waals surface area contributed by atoms with Gasteiger partial charge in [0, 0.05) is 23.5 Å². The van der Waals surface area contributed by atoms with E-state index in [1.807, 2.05) is 20.8 Å². The molecule has 0 N–H and O–H groups in total. The predicted molar refractivity (Wildman–Crippen MR) is 66.0 cm³/mol. The number of hydrogen-bond acceptors (Lipinski definition) is 3. The monoisotopic (exact) mass is 235 g/mol. The molecule has 0 heterocycles. The SMILES string of the molecule is Cc1cc(CC(=O)C(C)(C)C)ccc1[N+](=O)[O-]. The topological polar surface area (TPSA) is 60.2 Å². The third-order valence-corrected chi connectivity index (χ3v) is 2.66. The smallest absolute Gasteiger partial charge is 0.272 e. The van der Waals surface area contributed by atoms with Crippen LogP contribution in [-0.2, 0) is 11.2 Å². The third kappa shape index (κ3) is 3.37. The normalized spacial score (nSPS) is 11.3. The van der Waals surface area contributed by atoms with Gasteiger partial charge in [0.25, 0.3) is 5.69 Å². The summed E-state index contributed by atoms with van der Waals surface area (Å²) < 4.78 is 0. The molecule has 0 unspecified atom stereocenters. The van der Waals surface area contributed by atoms with Crippen molar-refractivity contribution >= 4 is 11.5 Å². The minimum atomic E-state index is -0.412. The fourth-order valence-corrected chi connectivity index (χ4v) is 1.48. The van der Waals surface area contributed by atoms with Crippen molar-refractivity contribution in [2.45, 2.75) is 34.1 Å². The average molecular weight is 235 g/mol. The zero-order chi connectivity index (χ0) is 13.2. The van der Waals surface area contributed by atoms with Crippen molar-refractivity contribution in [2.24, 2.45) is 5.41 Å². The fourth-order valence-electron chi connectivity index (χ4n) is 1.48. The summed E-state index contributed by atoms with van der Waals surface area (Å²) in [7, 11) is 0. The Morgan fingerprint density at radius 1 is 1.35 bits per heavy atom. The third-order valence-electron chi connectivity index (χ3n) is 2.66. The molecule has 1 aromatic rings. The first-order chi connectivity index (χ1) is 7.71. The summed E-state index contributed by atoms with van der Waals surface area (Å²) in [6, 6.07) is 4.82. The van der Waals surface area contributed by atoms with E-state index < -0.39 is 4.92 Å². The lowest BCUT2D eigenvalue weighted by atomic mass is 9.87.